The molecule has 5 heteroatoms. The van der Waals surface area contributed by atoms with Crippen molar-refractivity contribution >= 4 is 17.2 Å². The molecule has 2 aliphatic rings. The Morgan fingerprint density at radius 1 is 1.20 bits per heavy atom. The Balaban J connectivity index is 1.65. The zero-order valence-corrected chi connectivity index (χ0v) is 15.3. The van der Waals surface area contributed by atoms with Crippen LogP contribution in [-0.4, -0.2) is 37.7 Å². The van der Waals surface area contributed by atoms with Crippen molar-refractivity contribution in [3.63, 3.8) is 0 Å². The molecule has 1 unspecified atom stereocenters. The highest BCUT2D eigenvalue weighted by molar-refractivity contribution is 7.10. The van der Waals surface area contributed by atoms with Gasteiger partial charge in [0.15, 0.2) is 0 Å². The summed E-state index contributed by atoms with van der Waals surface area (Å²) in [6.07, 6.45) is 2.99. The molecule has 3 heterocycles. The van der Waals surface area contributed by atoms with E-state index in [4.69, 9.17) is 9.47 Å². The van der Waals surface area contributed by atoms with Crippen molar-refractivity contribution in [3.8, 4) is 5.75 Å². The minimum absolute atomic E-state index is 0.123. The van der Waals surface area contributed by atoms with Gasteiger partial charge in [-0.05, 0) is 66.5 Å². The van der Waals surface area contributed by atoms with E-state index in [1.54, 1.807) is 18.4 Å². The van der Waals surface area contributed by atoms with Crippen LogP contribution in [-0.2, 0) is 11.2 Å². The number of methoxy groups -OCH3 is 1. The number of thiophene rings is 1. The normalized spacial score (nSPS) is 21.0. The third kappa shape index (κ3) is 3.18. The molecule has 2 aromatic rings. The van der Waals surface area contributed by atoms with E-state index in [1.165, 1.54) is 10.4 Å². The van der Waals surface area contributed by atoms with Crippen molar-refractivity contribution in [2.45, 2.75) is 25.3 Å². The van der Waals surface area contributed by atoms with Gasteiger partial charge in [0, 0.05) is 30.2 Å². The Bertz CT molecular complexity index is 734. The van der Waals surface area contributed by atoms with Crippen molar-refractivity contribution in [2.24, 2.45) is 5.92 Å². The number of hydrogen-bond donors (Lipinski definition) is 0. The van der Waals surface area contributed by atoms with Gasteiger partial charge < -0.3 is 14.4 Å². The van der Waals surface area contributed by atoms with Gasteiger partial charge in [-0.1, -0.05) is 0 Å². The van der Waals surface area contributed by atoms with Crippen molar-refractivity contribution in [1.29, 1.82) is 0 Å². The topological polar surface area (TPSA) is 38.8 Å². The number of carbonyl (C=O) groups is 1. The lowest BCUT2D eigenvalue weighted by Crippen LogP contribution is -2.43. The minimum Gasteiger partial charge on any atom is -0.497 e. The fourth-order valence-electron chi connectivity index (χ4n) is 3.96. The fraction of sp³-hybridized carbons (Fsp3) is 0.450. The molecule has 0 bridgehead atoms. The summed E-state index contributed by atoms with van der Waals surface area (Å²) < 4.78 is 10.8. The molecule has 2 aliphatic heterocycles. The van der Waals surface area contributed by atoms with Crippen molar-refractivity contribution in [3.05, 3.63) is 51.7 Å². The van der Waals surface area contributed by atoms with Crippen molar-refractivity contribution in [1.82, 2.24) is 4.90 Å². The van der Waals surface area contributed by atoms with Crippen LogP contribution in [0.5, 0.6) is 5.75 Å². The van der Waals surface area contributed by atoms with Crippen LogP contribution in [0.25, 0.3) is 0 Å². The van der Waals surface area contributed by atoms with E-state index in [1.807, 2.05) is 24.3 Å². The van der Waals surface area contributed by atoms with Gasteiger partial charge in [-0.2, -0.15) is 0 Å². The number of fused-ring (bicyclic) bond motifs is 1. The molecule has 4 nitrogen and oxygen atoms in total. The summed E-state index contributed by atoms with van der Waals surface area (Å²) in [4.78, 5) is 16.7. The van der Waals surface area contributed by atoms with Gasteiger partial charge in [0.25, 0.3) is 5.91 Å². The molecular weight excluding hydrogens is 334 g/mol. The SMILES string of the molecule is COc1ccc(C(=O)N2CCc3ccsc3C2C2CCOCC2)cc1. The van der Waals surface area contributed by atoms with Crippen LogP contribution in [0.3, 0.4) is 0 Å². The summed E-state index contributed by atoms with van der Waals surface area (Å²) in [5.74, 6) is 1.38. The molecule has 0 saturated carbocycles. The highest BCUT2D eigenvalue weighted by Crippen LogP contribution is 2.42. The van der Waals surface area contributed by atoms with Crippen LogP contribution in [0.15, 0.2) is 35.7 Å². The molecule has 0 radical (unpaired) electrons. The second-order valence-corrected chi connectivity index (χ2v) is 7.63. The van der Waals surface area contributed by atoms with E-state index in [2.05, 4.69) is 16.3 Å². The Hall–Kier alpha value is -1.85. The molecule has 1 fully saturated rings. The maximum absolute atomic E-state index is 13.2. The Labute approximate surface area is 152 Å². The zero-order chi connectivity index (χ0) is 17.2. The molecule has 1 amide bonds. The van der Waals surface area contributed by atoms with Gasteiger partial charge in [0.1, 0.15) is 5.75 Å². The van der Waals surface area contributed by atoms with Crippen LogP contribution >= 0.6 is 11.3 Å². The lowest BCUT2D eigenvalue weighted by molar-refractivity contribution is 0.0206. The first kappa shape index (κ1) is 16.6. The highest BCUT2D eigenvalue weighted by atomic mass is 32.1. The first-order chi connectivity index (χ1) is 12.3. The van der Waals surface area contributed by atoms with Gasteiger partial charge in [-0.25, -0.2) is 0 Å². The Kier molecular flexibility index (Phi) is 4.77. The zero-order valence-electron chi connectivity index (χ0n) is 14.4. The standard InChI is InChI=1S/C20H23NO3S/c1-23-17-4-2-16(3-5-17)20(22)21-10-6-15-9-13-25-19(15)18(21)14-7-11-24-12-8-14/h2-5,9,13-14,18H,6-8,10-12H2,1H3. The molecule has 1 atom stereocenters. The van der Waals surface area contributed by atoms with E-state index in [-0.39, 0.29) is 11.9 Å². The fourth-order valence-corrected chi connectivity index (χ4v) is 5.12. The molecule has 1 aromatic carbocycles. The summed E-state index contributed by atoms with van der Waals surface area (Å²) in [6.45, 7) is 2.38. The number of hydrogen-bond acceptors (Lipinski definition) is 4. The summed E-state index contributed by atoms with van der Waals surface area (Å²) >= 11 is 1.79. The predicted molar refractivity (Wildman–Crippen MR) is 98.3 cm³/mol. The van der Waals surface area contributed by atoms with Crippen LogP contribution < -0.4 is 4.74 Å². The van der Waals surface area contributed by atoms with Crippen molar-refractivity contribution < 1.29 is 14.3 Å². The van der Waals surface area contributed by atoms with Gasteiger partial charge in [-0.3, -0.25) is 4.79 Å². The molecule has 132 valence electrons. The Morgan fingerprint density at radius 3 is 2.68 bits per heavy atom. The van der Waals surface area contributed by atoms with E-state index >= 15 is 0 Å². The van der Waals surface area contributed by atoms with Gasteiger partial charge in [0.05, 0.1) is 13.2 Å². The molecule has 0 N–H and O–H groups in total. The van der Waals surface area contributed by atoms with E-state index < -0.39 is 0 Å². The third-order valence-electron chi connectivity index (χ3n) is 5.32. The second kappa shape index (κ2) is 7.18. The lowest BCUT2D eigenvalue weighted by Gasteiger charge is -2.41. The molecule has 1 aromatic heterocycles. The number of carbonyl (C=O) groups excluding carboxylic acids is 1. The molecule has 4 rings (SSSR count). The molecular formula is C20H23NO3S. The predicted octanol–water partition coefficient (Wildman–Crippen LogP) is 3.92. The molecule has 0 aliphatic carbocycles. The van der Waals surface area contributed by atoms with Crippen molar-refractivity contribution in [2.75, 3.05) is 26.9 Å². The minimum atomic E-state index is 0.123. The second-order valence-electron chi connectivity index (χ2n) is 6.68. The molecule has 0 spiro atoms. The average Bonchev–Trinajstić information content (AvgIpc) is 3.16. The Morgan fingerprint density at radius 2 is 1.96 bits per heavy atom. The lowest BCUT2D eigenvalue weighted by atomic mass is 9.85. The van der Waals surface area contributed by atoms with E-state index in [9.17, 15) is 4.79 Å². The number of nitrogens with zero attached hydrogens (tertiary/aromatic N) is 1. The van der Waals surface area contributed by atoms with Gasteiger partial charge in [0.2, 0.25) is 0 Å². The maximum Gasteiger partial charge on any atom is 0.254 e. The number of amides is 1. The van der Waals surface area contributed by atoms with Crippen LogP contribution in [0.4, 0.5) is 0 Å². The van der Waals surface area contributed by atoms with E-state index in [0.717, 1.165) is 50.3 Å². The largest absolute Gasteiger partial charge is 0.497 e. The maximum atomic E-state index is 13.2. The monoisotopic (exact) mass is 357 g/mol. The smallest absolute Gasteiger partial charge is 0.254 e. The molecule has 1 saturated heterocycles. The summed E-state index contributed by atoms with van der Waals surface area (Å²) in [5.41, 5.74) is 2.15. The summed E-state index contributed by atoms with van der Waals surface area (Å²) in [6, 6.07) is 9.86. The molecule has 25 heavy (non-hydrogen) atoms. The summed E-state index contributed by atoms with van der Waals surface area (Å²) in [7, 11) is 1.64. The van der Waals surface area contributed by atoms with Gasteiger partial charge >= 0.3 is 0 Å². The number of rotatable bonds is 3. The first-order valence-electron chi connectivity index (χ1n) is 8.87. The quantitative estimate of drug-likeness (QED) is 0.836. The van der Waals surface area contributed by atoms with Gasteiger partial charge in [-0.15, -0.1) is 11.3 Å². The summed E-state index contributed by atoms with van der Waals surface area (Å²) in [5, 5.41) is 2.17. The van der Waals surface area contributed by atoms with Crippen LogP contribution in [0.2, 0.25) is 0 Å². The van der Waals surface area contributed by atoms with E-state index in [0.29, 0.717) is 5.92 Å². The van der Waals surface area contributed by atoms with Crippen LogP contribution in [0, 0.1) is 5.92 Å². The highest BCUT2D eigenvalue weighted by Gasteiger charge is 2.38. The third-order valence-corrected chi connectivity index (χ3v) is 6.35. The first-order valence-corrected chi connectivity index (χ1v) is 9.75. The van der Waals surface area contributed by atoms with Crippen LogP contribution in [0.1, 0.15) is 39.7 Å². The number of benzene rings is 1. The number of ether oxygens (including phenoxy) is 2. The average molecular weight is 357 g/mol.